The predicted octanol–water partition coefficient (Wildman–Crippen LogP) is 2.22. The van der Waals surface area contributed by atoms with Gasteiger partial charge in [0.1, 0.15) is 6.04 Å². The van der Waals surface area contributed by atoms with Crippen molar-refractivity contribution in [1.82, 2.24) is 5.32 Å². The zero-order valence-electron chi connectivity index (χ0n) is 14.5. The number of rotatable bonds is 7. The van der Waals surface area contributed by atoms with Gasteiger partial charge in [0.2, 0.25) is 5.91 Å². The first-order chi connectivity index (χ1) is 12.0. The van der Waals surface area contributed by atoms with Crippen LogP contribution >= 0.6 is 0 Å². The Hall–Kier alpha value is -2.66. The minimum Gasteiger partial charge on any atom is -0.467 e. The van der Waals surface area contributed by atoms with E-state index in [0.29, 0.717) is 6.42 Å². The van der Waals surface area contributed by atoms with Crippen LogP contribution in [-0.4, -0.2) is 25.0 Å². The van der Waals surface area contributed by atoms with Crippen LogP contribution in [0.25, 0.3) is 0 Å². The number of benzene rings is 2. The predicted molar refractivity (Wildman–Crippen MR) is 96.6 cm³/mol. The molecule has 2 aromatic rings. The summed E-state index contributed by atoms with van der Waals surface area (Å²) >= 11 is 0. The number of nitrogens with two attached hydrogens (primary N) is 1. The quantitative estimate of drug-likeness (QED) is 0.757. The molecule has 0 aromatic heterocycles. The highest BCUT2D eigenvalue weighted by molar-refractivity contribution is 5.86. The molecule has 0 saturated carbocycles. The second kappa shape index (κ2) is 8.99. The van der Waals surface area contributed by atoms with E-state index in [9.17, 15) is 9.59 Å². The largest absolute Gasteiger partial charge is 0.467 e. The zero-order chi connectivity index (χ0) is 18.2. The Kier molecular flexibility index (Phi) is 6.71. The third-order valence-corrected chi connectivity index (χ3v) is 4.22. The van der Waals surface area contributed by atoms with Gasteiger partial charge in [-0.2, -0.15) is 0 Å². The number of nitrogens with one attached hydrogen (secondary N) is 1. The lowest BCUT2D eigenvalue weighted by atomic mass is 9.94. The van der Waals surface area contributed by atoms with Crippen molar-refractivity contribution >= 4 is 11.9 Å². The van der Waals surface area contributed by atoms with Gasteiger partial charge in [0.05, 0.1) is 13.0 Å². The molecule has 5 nitrogen and oxygen atoms in total. The van der Waals surface area contributed by atoms with Gasteiger partial charge in [-0.15, -0.1) is 0 Å². The molecule has 0 heterocycles. The van der Waals surface area contributed by atoms with Crippen molar-refractivity contribution in [3.63, 3.8) is 0 Å². The Balaban J connectivity index is 2.06. The monoisotopic (exact) mass is 340 g/mol. The lowest BCUT2D eigenvalue weighted by Crippen LogP contribution is -2.46. The van der Waals surface area contributed by atoms with E-state index in [1.165, 1.54) is 7.11 Å². The Morgan fingerprint density at radius 3 is 2.16 bits per heavy atom. The second-order valence-electron chi connectivity index (χ2n) is 6.00. The summed E-state index contributed by atoms with van der Waals surface area (Å²) in [6.45, 7) is 1.75. The van der Waals surface area contributed by atoms with Crippen LogP contribution in [-0.2, 0) is 20.7 Å². The molecule has 0 radical (unpaired) electrons. The maximum absolute atomic E-state index is 12.6. The maximum atomic E-state index is 12.6. The molecule has 2 aromatic carbocycles. The molecule has 0 fully saturated rings. The van der Waals surface area contributed by atoms with Crippen LogP contribution in [0.1, 0.15) is 24.1 Å². The van der Waals surface area contributed by atoms with E-state index in [1.807, 2.05) is 60.7 Å². The normalized spacial score (nSPS) is 14.2. The number of hydrogen-bond acceptors (Lipinski definition) is 4. The molecule has 5 heteroatoms. The van der Waals surface area contributed by atoms with E-state index in [0.717, 1.165) is 11.1 Å². The van der Waals surface area contributed by atoms with Crippen molar-refractivity contribution in [2.75, 3.05) is 7.11 Å². The molecule has 0 aliphatic heterocycles. The van der Waals surface area contributed by atoms with Crippen molar-refractivity contribution in [2.24, 2.45) is 11.7 Å². The third-order valence-electron chi connectivity index (χ3n) is 4.22. The summed E-state index contributed by atoms with van der Waals surface area (Å²) in [5.74, 6) is -1.23. The van der Waals surface area contributed by atoms with Gasteiger partial charge in [-0.1, -0.05) is 67.6 Å². The molecule has 0 spiro atoms. The van der Waals surface area contributed by atoms with Crippen LogP contribution in [0.2, 0.25) is 0 Å². The summed E-state index contributed by atoms with van der Waals surface area (Å²) in [4.78, 5) is 24.6. The number of amides is 1. The molecule has 3 N–H and O–H groups in total. The molecule has 25 heavy (non-hydrogen) atoms. The number of carbonyl (C=O) groups excluding carboxylic acids is 2. The molecule has 3 unspecified atom stereocenters. The molecule has 3 atom stereocenters. The Morgan fingerprint density at radius 1 is 1.04 bits per heavy atom. The first-order valence-electron chi connectivity index (χ1n) is 8.25. The highest BCUT2D eigenvalue weighted by Gasteiger charge is 2.27. The van der Waals surface area contributed by atoms with E-state index in [-0.39, 0.29) is 5.91 Å². The molecule has 132 valence electrons. The average Bonchev–Trinajstić information content (AvgIpc) is 2.67. The van der Waals surface area contributed by atoms with Crippen molar-refractivity contribution < 1.29 is 14.3 Å². The van der Waals surface area contributed by atoms with Crippen LogP contribution in [0, 0.1) is 5.92 Å². The van der Waals surface area contributed by atoms with Crippen LogP contribution in [0.4, 0.5) is 0 Å². The van der Waals surface area contributed by atoms with Gasteiger partial charge in [-0.3, -0.25) is 4.79 Å². The number of carbonyl (C=O) groups is 2. The molecular formula is C20H24N2O3. The van der Waals surface area contributed by atoms with E-state index in [4.69, 9.17) is 10.5 Å². The summed E-state index contributed by atoms with van der Waals surface area (Å²) in [7, 11) is 1.31. The minimum atomic E-state index is -0.745. The topological polar surface area (TPSA) is 81.4 Å². The Bertz CT molecular complexity index is 689. The molecular weight excluding hydrogens is 316 g/mol. The van der Waals surface area contributed by atoms with Gasteiger partial charge >= 0.3 is 5.97 Å². The van der Waals surface area contributed by atoms with Crippen LogP contribution in [0.15, 0.2) is 60.7 Å². The fourth-order valence-corrected chi connectivity index (χ4v) is 2.62. The summed E-state index contributed by atoms with van der Waals surface area (Å²) in [5, 5.41) is 2.77. The van der Waals surface area contributed by atoms with Crippen LogP contribution in [0.5, 0.6) is 0 Å². The van der Waals surface area contributed by atoms with Gasteiger partial charge in [0.25, 0.3) is 0 Å². The lowest BCUT2D eigenvalue weighted by Gasteiger charge is -2.23. The first kappa shape index (κ1) is 18.7. The van der Waals surface area contributed by atoms with Crippen molar-refractivity contribution in [2.45, 2.75) is 25.4 Å². The summed E-state index contributed by atoms with van der Waals surface area (Å²) in [5.41, 5.74) is 8.02. The smallest absolute Gasteiger partial charge is 0.328 e. The van der Waals surface area contributed by atoms with E-state index < -0.39 is 24.0 Å². The van der Waals surface area contributed by atoms with Gasteiger partial charge < -0.3 is 15.8 Å². The van der Waals surface area contributed by atoms with Crippen LogP contribution < -0.4 is 11.1 Å². The Morgan fingerprint density at radius 2 is 1.60 bits per heavy atom. The van der Waals surface area contributed by atoms with Gasteiger partial charge in [0.15, 0.2) is 0 Å². The second-order valence-corrected chi connectivity index (χ2v) is 6.00. The van der Waals surface area contributed by atoms with Gasteiger partial charge in [0, 0.05) is 12.5 Å². The standard InChI is InChI=1S/C20H24N2O3/c1-14(18(21)16-11-7-4-8-12-16)19(23)22-17(20(24)25-2)13-15-9-5-3-6-10-15/h3-12,14,17-18H,13,21H2,1-2H3,(H,22,23). The average molecular weight is 340 g/mol. The maximum Gasteiger partial charge on any atom is 0.328 e. The zero-order valence-corrected chi connectivity index (χ0v) is 14.5. The molecule has 0 aliphatic carbocycles. The Labute approximate surface area is 148 Å². The summed E-state index contributed by atoms with van der Waals surface area (Å²) in [6, 6.07) is 17.7. The molecule has 0 saturated heterocycles. The molecule has 1 amide bonds. The highest BCUT2D eigenvalue weighted by atomic mass is 16.5. The molecule has 0 bridgehead atoms. The molecule has 0 aliphatic rings. The van der Waals surface area contributed by atoms with Crippen molar-refractivity contribution in [1.29, 1.82) is 0 Å². The SMILES string of the molecule is COC(=O)C(Cc1ccccc1)NC(=O)C(C)C(N)c1ccccc1. The van der Waals surface area contributed by atoms with E-state index in [1.54, 1.807) is 6.92 Å². The summed E-state index contributed by atoms with van der Waals surface area (Å²) < 4.78 is 4.83. The van der Waals surface area contributed by atoms with Crippen molar-refractivity contribution in [3.05, 3.63) is 71.8 Å². The minimum absolute atomic E-state index is 0.275. The first-order valence-corrected chi connectivity index (χ1v) is 8.25. The fourth-order valence-electron chi connectivity index (χ4n) is 2.62. The fraction of sp³-hybridized carbons (Fsp3) is 0.300. The third kappa shape index (κ3) is 5.16. The van der Waals surface area contributed by atoms with Crippen LogP contribution in [0.3, 0.4) is 0 Å². The van der Waals surface area contributed by atoms with Crippen molar-refractivity contribution in [3.8, 4) is 0 Å². The van der Waals surface area contributed by atoms with Gasteiger partial charge in [-0.25, -0.2) is 4.79 Å². The van der Waals surface area contributed by atoms with Gasteiger partial charge in [-0.05, 0) is 11.1 Å². The summed E-state index contributed by atoms with van der Waals surface area (Å²) in [6.07, 6.45) is 0.368. The highest BCUT2D eigenvalue weighted by Crippen LogP contribution is 2.19. The number of esters is 1. The molecule has 2 rings (SSSR count). The van der Waals surface area contributed by atoms with E-state index in [2.05, 4.69) is 5.32 Å². The number of methoxy groups -OCH3 is 1. The van der Waals surface area contributed by atoms with E-state index >= 15 is 0 Å². The lowest BCUT2D eigenvalue weighted by molar-refractivity contribution is -0.145. The number of hydrogen-bond donors (Lipinski definition) is 2. The number of ether oxygens (including phenoxy) is 1.